The largest absolute Gasteiger partial charge is 0.477 e. The van der Waals surface area contributed by atoms with E-state index >= 15 is 0 Å². The molecule has 0 saturated carbocycles. The van der Waals surface area contributed by atoms with Crippen molar-refractivity contribution in [1.29, 1.82) is 0 Å². The molecule has 0 bridgehead atoms. The van der Waals surface area contributed by atoms with Gasteiger partial charge in [0.15, 0.2) is 11.5 Å². The molecule has 0 unspecified atom stereocenters. The van der Waals surface area contributed by atoms with Gasteiger partial charge in [0, 0.05) is 18.2 Å². The summed E-state index contributed by atoms with van der Waals surface area (Å²) in [6, 6.07) is 9.13. The topological polar surface area (TPSA) is 75.1 Å². The Labute approximate surface area is 117 Å². The molecule has 1 aromatic heterocycles. The molecule has 0 fully saturated rings. The van der Waals surface area contributed by atoms with Crippen LogP contribution in [0.5, 0.6) is 0 Å². The van der Waals surface area contributed by atoms with Crippen molar-refractivity contribution in [3.63, 3.8) is 0 Å². The van der Waals surface area contributed by atoms with E-state index in [0.29, 0.717) is 11.6 Å². The first kappa shape index (κ1) is 14.0. The molecule has 1 heterocycles. The summed E-state index contributed by atoms with van der Waals surface area (Å²) in [5.74, 6) is -0.0985. The lowest BCUT2D eigenvalue weighted by Gasteiger charge is -2.08. The molecule has 2 N–H and O–H groups in total. The van der Waals surface area contributed by atoms with Crippen molar-refractivity contribution in [3.8, 4) is 11.4 Å². The van der Waals surface area contributed by atoms with Gasteiger partial charge in [-0.05, 0) is 13.3 Å². The molecule has 2 rings (SSSR count). The summed E-state index contributed by atoms with van der Waals surface area (Å²) in [5.41, 5.74) is 1.93. The highest BCUT2D eigenvalue weighted by Crippen LogP contribution is 2.18. The van der Waals surface area contributed by atoms with Gasteiger partial charge in [0.25, 0.3) is 0 Å². The Kier molecular flexibility index (Phi) is 4.30. The fourth-order valence-corrected chi connectivity index (χ4v) is 1.73. The summed E-state index contributed by atoms with van der Waals surface area (Å²) in [4.78, 5) is 19.6. The number of aromatic nitrogens is 2. The Balaban J connectivity index is 2.43. The number of carboxylic acids is 1. The summed E-state index contributed by atoms with van der Waals surface area (Å²) in [6.07, 6.45) is 0.937. The smallest absolute Gasteiger partial charge is 0.354 e. The highest BCUT2D eigenvalue weighted by Gasteiger charge is 2.11. The minimum absolute atomic E-state index is 0.00539. The van der Waals surface area contributed by atoms with Crippen LogP contribution in [0.25, 0.3) is 11.4 Å². The van der Waals surface area contributed by atoms with Gasteiger partial charge in [-0.25, -0.2) is 14.8 Å². The van der Waals surface area contributed by atoms with E-state index in [0.717, 1.165) is 24.1 Å². The summed E-state index contributed by atoms with van der Waals surface area (Å²) in [5, 5.41) is 12.2. The summed E-state index contributed by atoms with van der Waals surface area (Å²) >= 11 is 0. The lowest BCUT2D eigenvalue weighted by atomic mass is 10.1. The van der Waals surface area contributed by atoms with Gasteiger partial charge in [-0.3, -0.25) is 0 Å². The van der Waals surface area contributed by atoms with E-state index in [2.05, 4.69) is 15.3 Å². The van der Waals surface area contributed by atoms with Crippen molar-refractivity contribution in [2.24, 2.45) is 0 Å². The minimum Gasteiger partial charge on any atom is -0.477 e. The Hall–Kier alpha value is -2.43. The molecule has 0 saturated heterocycles. The van der Waals surface area contributed by atoms with Crippen molar-refractivity contribution in [2.45, 2.75) is 20.3 Å². The van der Waals surface area contributed by atoms with Crippen LogP contribution in [0.4, 0.5) is 5.82 Å². The fraction of sp³-hybridized carbons (Fsp3) is 0.267. The maximum absolute atomic E-state index is 11.1. The van der Waals surface area contributed by atoms with Crippen LogP contribution in [-0.2, 0) is 0 Å². The number of hydrogen-bond donors (Lipinski definition) is 2. The lowest BCUT2D eigenvalue weighted by Crippen LogP contribution is -2.08. The normalized spacial score (nSPS) is 10.3. The van der Waals surface area contributed by atoms with Gasteiger partial charge in [0.05, 0.1) is 0 Å². The number of nitrogens with zero attached hydrogens (tertiary/aromatic N) is 2. The summed E-state index contributed by atoms with van der Waals surface area (Å²) in [6.45, 7) is 4.77. The molecule has 104 valence electrons. The van der Waals surface area contributed by atoms with Crippen LogP contribution in [0.15, 0.2) is 30.3 Å². The van der Waals surface area contributed by atoms with Crippen LogP contribution in [0.1, 0.15) is 29.4 Å². The molecule has 1 aromatic carbocycles. The fourth-order valence-electron chi connectivity index (χ4n) is 1.73. The van der Waals surface area contributed by atoms with E-state index in [1.165, 1.54) is 6.07 Å². The standard InChI is InChI=1S/C15H17N3O2/c1-3-8-16-13-9-12(15(19)20)17-14(18-13)11-6-4-10(2)5-7-11/h4-7,9H,3,8H2,1-2H3,(H,19,20)(H,16,17,18). The summed E-state index contributed by atoms with van der Waals surface area (Å²) in [7, 11) is 0. The Morgan fingerprint density at radius 2 is 1.95 bits per heavy atom. The molecule has 2 aromatic rings. The van der Waals surface area contributed by atoms with Crippen LogP contribution in [0.2, 0.25) is 0 Å². The van der Waals surface area contributed by atoms with Crippen molar-refractivity contribution in [2.75, 3.05) is 11.9 Å². The summed E-state index contributed by atoms with van der Waals surface area (Å²) < 4.78 is 0. The second-order valence-corrected chi connectivity index (χ2v) is 4.56. The number of aryl methyl sites for hydroxylation is 1. The highest BCUT2D eigenvalue weighted by molar-refractivity contribution is 5.87. The second-order valence-electron chi connectivity index (χ2n) is 4.56. The predicted molar refractivity (Wildman–Crippen MR) is 77.9 cm³/mol. The lowest BCUT2D eigenvalue weighted by molar-refractivity contribution is 0.0690. The number of hydrogen-bond acceptors (Lipinski definition) is 4. The van der Waals surface area contributed by atoms with E-state index in [-0.39, 0.29) is 5.69 Å². The third kappa shape index (κ3) is 3.32. The van der Waals surface area contributed by atoms with Gasteiger partial charge in [0.1, 0.15) is 5.82 Å². The number of rotatable bonds is 5. The third-order valence-corrected chi connectivity index (χ3v) is 2.81. The number of benzene rings is 1. The van der Waals surface area contributed by atoms with Crippen molar-refractivity contribution < 1.29 is 9.90 Å². The Morgan fingerprint density at radius 3 is 2.55 bits per heavy atom. The number of carboxylic acid groups (broad SMARTS) is 1. The van der Waals surface area contributed by atoms with Crippen LogP contribution in [0, 0.1) is 6.92 Å². The zero-order valence-electron chi connectivity index (χ0n) is 11.6. The molecule has 0 aliphatic rings. The molecule has 5 heteroatoms. The number of anilines is 1. The monoisotopic (exact) mass is 271 g/mol. The Morgan fingerprint density at radius 1 is 1.25 bits per heavy atom. The quantitative estimate of drug-likeness (QED) is 0.874. The average Bonchev–Trinajstić information content (AvgIpc) is 2.45. The van der Waals surface area contributed by atoms with Crippen LogP contribution >= 0.6 is 0 Å². The van der Waals surface area contributed by atoms with E-state index in [1.807, 2.05) is 38.1 Å². The van der Waals surface area contributed by atoms with E-state index in [1.54, 1.807) is 0 Å². The van der Waals surface area contributed by atoms with Crippen molar-refractivity contribution in [1.82, 2.24) is 9.97 Å². The highest BCUT2D eigenvalue weighted by atomic mass is 16.4. The van der Waals surface area contributed by atoms with E-state index in [4.69, 9.17) is 5.11 Å². The average molecular weight is 271 g/mol. The predicted octanol–water partition coefficient (Wildman–Crippen LogP) is 2.97. The van der Waals surface area contributed by atoms with Crippen LogP contribution in [0.3, 0.4) is 0 Å². The maximum atomic E-state index is 11.1. The number of carbonyl (C=O) groups is 1. The molecule has 0 atom stereocenters. The molecule has 5 nitrogen and oxygen atoms in total. The van der Waals surface area contributed by atoms with Gasteiger partial charge in [-0.1, -0.05) is 36.8 Å². The Bertz CT molecular complexity index is 609. The molecule has 0 amide bonds. The molecule has 0 radical (unpaired) electrons. The molecule has 0 aliphatic carbocycles. The third-order valence-electron chi connectivity index (χ3n) is 2.81. The zero-order valence-corrected chi connectivity index (χ0v) is 11.6. The first-order chi connectivity index (χ1) is 9.60. The molecule has 0 spiro atoms. The van der Waals surface area contributed by atoms with Crippen LogP contribution < -0.4 is 5.32 Å². The SMILES string of the molecule is CCCNc1cc(C(=O)O)nc(-c2ccc(C)cc2)n1. The van der Waals surface area contributed by atoms with Crippen molar-refractivity contribution in [3.05, 3.63) is 41.6 Å². The second kappa shape index (κ2) is 6.14. The molecular formula is C15H17N3O2. The maximum Gasteiger partial charge on any atom is 0.354 e. The number of nitrogens with one attached hydrogen (secondary N) is 1. The first-order valence-corrected chi connectivity index (χ1v) is 6.53. The molecular weight excluding hydrogens is 254 g/mol. The number of aromatic carboxylic acids is 1. The van der Waals surface area contributed by atoms with Gasteiger partial charge in [-0.2, -0.15) is 0 Å². The van der Waals surface area contributed by atoms with Crippen molar-refractivity contribution >= 4 is 11.8 Å². The zero-order chi connectivity index (χ0) is 14.5. The molecule has 0 aliphatic heterocycles. The van der Waals surface area contributed by atoms with Gasteiger partial charge in [-0.15, -0.1) is 0 Å². The van der Waals surface area contributed by atoms with Gasteiger partial charge in [0.2, 0.25) is 0 Å². The first-order valence-electron chi connectivity index (χ1n) is 6.53. The van der Waals surface area contributed by atoms with Gasteiger partial charge < -0.3 is 10.4 Å². The van der Waals surface area contributed by atoms with E-state index < -0.39 is 5.97 Å². The van der Waals surface area contributed by atoms with Gasteiger partial charge >= 0.3 is 5.97 Å². The van der Waals surface area contributed by atoms with E-state index in [9.17, 15) is 4.79 Å². The molecule has 20 heavy (non-hydrogen) atoms. The minimum atomic E-state index is -1.06. The van der Waals surface area contributed by atoms with Crippen LogP contribution in [-0.4, -0.2) is 27.6 Å².